The molecule has 0 aromatic carbocycles. The zero-order valence-electron chi connectivity index (χ0n) is 5.24. The Morgan fingerprint density at radius 3 is 3.00 bits per heavy atom. The molecule has 0 unspecified atom stereocenters. The second-order valence-electron chi connectivity index (χ2n) is 1.85. The van der Waals surface area contributed by atoms with Crippen LogP contribution in [0.25, 0.3) is 0 Å². The molecule has 1 heterocycles. The highest BCUT2D eigenvalue weighted by Gasteiger charge is 1.97. The van der Waals surface area contributed by atoms with Crippen molar-refractivity contribution in [3.63, 3.8) is 0 Å². The van der Waals surface area contributed by atoms with Crippen LogP contribution in [0.4, 0.5) is 0 Å². The minimum Gasteiger partial charge on any atom is -0.276 e. The molecule has 0 amide bonds. The zero-order valence-corrected chi connectivity index (χ0v) is 6.83. The summed E-state index contributed by atoms with van der Waals surface area (Å²) < 4.78 is 0. The Morgan fingerprint density at radius 2 is 2.56 bits per heavy atom. The summed E-state index contributed by atoms with van der Waals surface area (Å²) in [7, 11) is 0. The molecule has 0 saturated carbocycles. The number of hydrogen-bond donors (Lipinski definition) is 1. The van der Waals surface area contributed by atoms with Gasteiger partial charge in [0.15, 0.2) is 0 Å². The van der Waals surface area contributed by atoms with Crippen molar-refractivity contribution in [2.75, 3.05) is 5.33 Å². The van der Waals surface area contributed by atoms with Crippen molar-refractivity contribution in [3.8, 4) is 0 Å². The smallest absolute Gasteiger partial charge is 0.0866 e. The minimum absolute atomic E-state index is 0.976. The maximum Gasteiger partial charge on any atom is 0.0866 e. The molecule has 1 radical (unpaired) electrons. The first kappa shape index (κ1) is 6.81. The van der Waals surface area contributed by atoms with Crippen molar-refractivity contribution in [2.24, 2.45) is 0 Å². The molecule has 0 fully saturated rings. The molecule has 0 atom stereocenters. The minimum atomic E-state index is 0.976. The number of aromatic amines is 1. The fourth-order valence-corrected chi connectivity index (χ4v) is 1.07. The molecule has 1 aromatic rings. The number of aromatic nitrogens is 2. The van der Waals surface area contributed by atoms with Gasteiger partial charge in [0.1, 0.15) is 0 Å². The molecular weight excluding hydrogens is 180 g/mol. The molecule has 0 aliphatic heterocycles. The quantitative estimate of drug-likeness (QED) is 0.699. The van der Waals surface area contributed by atoms with E-state index in [1.807, 2.05) is 6.92 Å². The maximum absolute atomic E-state index is 3.93. The van der Waals surface area contributed by atoms with Crippen LogP contribution in [-0.2, 0) is 6.42 Å². The molecule has 0 spiro atoms. The molecule has 1 rings (SSSR count). The summed E-state index contributed by atoms with van der Waals surface area (Å²) in [5, 5.41) is 7.60. The van der Waals surface area contributed by atoms with E-state index >= 15 is 0 Å². The highest BCUT2D eigenvalue weighted by molar-refractivity contribution is 9.09. The van der Waals surface area contributed by atoms with E-state index in [0.717, 1.165) is 17.4 Å². The number of hydrogen-bond acceptors (Lipinski definition) is 1. The Balaban J connectivity index is 2.69. The van der Waals surface area contributed by atoms with E-state index in [2.05, 4.69) is 32.3 Å². The van der Waals surface area contributed by atoms with Crippen molar-refractivity contribution in [1.29, 1.82) is 0 Å². The van der Waals surface area contributed by atoms with Gasteiger partial charge in [-0.15, -0.1) is 0 Å². The van der Waals surface area contributed by atoms with E-state index in [9.17, 15) is 0 Å². The first-order valence-electron chi connectivity index (χ1n) is 2.82. The van der Waals surface area contributed by atoms with Gasteiger partial charge in [-0.1, -0.05) is 15.9 Å². The van der Waals surface area contributed by atoms with Gasteiger partial charge in [0, 0.05) is 10.9 Å². The Kier molecular flexibility index (Phi) is 2.28. The van der Waals surface area contributed by atoms with Crippen LogP contribution in [0.15, 0.2) is 0 Å². The topological polar surface area (TPSA) is 28.7 Å². The second kappa shape index (κ2) is 3.01. The largest absolute Gasteiger partial charge is 0.276 e. The average Bonchev–Trinajstić information content (AvgIpc) is 2.18. The first-order chi connectivity index (χ1) is 4.34. The number of rotatable bonds is 2. The highest BCUT2D eigenvalue weighted by atomic mass is 79.9. The molecule has 0 aliphatic carbocycles. The van der Waals surface area contributed by atoms with Gasteiger partial charge in [0.2, 0.25) is 0 Å². The van der Waals surface area contributed by atoms with Gasteiger partial charge in [0.05, 0.1) is 11.9 Å². The lowest BCUT2D eigenvalue weighted by atomic mass is 10.2. The number of alkyl halides is 1. The summed E-state index contributed by atoms with van der Waals surface area (Å²) >= 11 is 3.34. The predicted octanol–water partition coefficient (Wildman–Crippen LogP) is 1.46. The number of aryl methyl sites for hydroxylation is 2. The summed E-state index contributed by atoms with van der Waals surface area (Å²) in [4.78, 5) is 0. The highest BCUT2D eigenvalue weighted by Crippen LogP contribution is 2.03. The van der Waals surface area contributed by atoms with Gasteiger partial charge < -0.3 is 0 Å². The van der Waals surface area contributed by atoms with Gasteiger partial charge in [-0.3, -0.25) is 5.10 Å². The third-order valence-corrected chi connectivity index (χ3v) is 1.61. The van der Waals surface area contributed by atoms with Crippen molar-refractivity contribution in [2.45, 2.75) is 13.3 Å². The van der Waals surface area contributed by atoms with Crippen LogP contribution in [0.2, 0.25) is 0 Å². The maximum atomic E-state index is 3.93. The fourth-order valence-electron chi connectivity index (χ4n) is 0.675. The Morgan fingerprint density at radius 1 is 1.78 bits per heavy atom. The van der Waals surface area contributed by atoms with Gasteiger partial charge in [-0.05, 0) is 13.3 Å². The van der Waals surface area contributed by atoms with Crippen molar-refractivity contribution >= 4 is 15.9 Å². The van der Waals surface area contributed by atoms with Gasteiger partial charge in [-0.2, -0.15) is 5.10 Å². The van der Waals surface area contributed by atoms with Crippen molar-refractivity contribution in [3.05, 3.63) is 17.5 Å². The molecule has 1 N–H and O–H groups in total. The van der Waals surface area contributed by atoms with Gasteiger partial charge in [-0.25, -0.2) is 0 Å². The lowest BCUT2D eigenvalue weighted by molar-refractivity contribution is 1.04. The molecule has 0 bridgehead atoms. The van der Waals surface area contributed by atoms with Crippen LogP contribution in [-0.4, -0.2) is 15.5 Å². The zero-order chi connectivity index (χ0) is 6.69. The number of nitrogens with one attached hydrogen (secondary N) is 1. The predicted molar refractivity (Wildman–Crippen MR) is 39.7 cm³/mol. The third-order valence-electron chi connectivity index (χ3n) is 1.21. The van der Waals surface area contributed by atoms with Crippen molar-refractivity contribution in [1.82, 2.24) is 10.2 Å². The van der Waals surface area contributed by atoms with Crippen LogP contribution in [0.1, 0.15) is 11.3 Å². The van der Waals surface area contributed by atoms with E-state index in [0.29, 0.717) is 0 Å². The van der Waals surface area contributed by atoms with Crippen LogP contribution >= 0.6 is 15.9 Å². The number of H-pyrrole nitrogens is 1. The molecular formula is C6H8BrN2. The fraction of sp³-hybridized carbons (Fsp3) is 0.500. The van der Waals surface area contributed by atoms with Crippen LogP contribution in [0.5, 0.6) is 0 Å². The number of nitrogens with zero attached hydrogens (tertiary/aromatic N) is 1. The monoisotopic (exact) mass is 187 g/mol. The molecule has 9 heavy (non-hydrogen) atoms. The van der Waals surface area contributed by atoms with Gasteiger partial charge in [0.25, 0.3) is 0 Å². The second-order valence-corrected chi connectivity index (χ2v) is 2.64. The Hall–Kier alpha value is -0.310. The lowest BCUT2D eigenvalue weighted by Crippen LogP contribution is -1.85. The van der Waals surface area contributed by atoms with E-state index in [1.165, 1.54) is 5.56 Å². The lowest BCUT2D eigenvalue weighted by Gasteiger charge is -1.88. The summed E-state index contributed by atoms with van der Waals surface area (Å²) in [6, 6.07) is 0. The van der Waals surface area contributed by atoms with E-state index in [1.54, 1.807) is 0 Å². The van der Waals surface area contributed by atoms with Crippen molar-refractivity contribution < 1.29 is 0 Å². The molecule has 0 saturated heterocycles. The molecule has 0 aliphatic rings. The summed E-state index contributed by atoms with van der Waals surface area (Å²) in [6.45, 7) is 1.98. The van der Waals surface area contributed by atoms with Crippen LogP contribution in [0.3, 0.4) is 0 Å². The van der Waals surface area contributed by atoms with Crippen LogP contribution in [0, 0.1) is 13.1 Å². The number of halogens is 1. The van der Waals surface area contributed by atoms with E-state index in [-0.39, 0.29) is 0 Å². The molecule has 2 nitrogen and oxygen atoms in total. The van der Waals surface area contributed by atoms with E-state index < -0.39 is 0 Å². The molecule has 49 valence electrons. The summed E-state index contributed by atoms with van der Waals surface area (Å²) in [6.07, 6.45) is 3.94. The average molecular weight is 188 g/mol. The van der Waals surface area contributed by atoms with Crippen LogP contribution < -0.4 is 0 Å². The SMILES string of the molecule is Cc1n[nH][c]c1CCBr. The summed E-state index contributed by atoms with van der Waals surface area (Å²) in [5.41, 5.74) is 2.22. The molecule has 1 aromatic heterocycles. The van der Waals surface area contributed by atoms with Gasteiger partial charge >= 0.3 is 0 Å². The Bertz CT molecular complexity index is 183. The first-order valence-corrected chi connectivity index (χ1v) is 3.94. The normalized spacial score (nSPS) is 10.0. The summed E-state index contributed by atoms with van der Waals surface area (Å²) in [5.74, 6) is 0. The standard InChI is InChI=1S/C6H8BrN2/c1-5-6(2-3-7)4-8-9-5/h2-3H2,1H3,(H,8,9). The third kappa shape index (κ3) is 1.55. The van der Waals surface area contributed by atoms with E-state index in [4.69, 9.17) is 0 Å². The Labute approximate surface area is 62.8 Å². The molecule has 3 heteroatoms.